The van der Waals surface area contributed by atoms with E-state index in [1.165, 1.54) is 12.1 Å². The molecular formula is C19H18N2O5. The summed E-state index contributed by atoms with van der Waals surface area (Å²) in [7, 11) is 0. The number of carbonyl (C=O) groups is 1. The van der Waals surface area contributed by atoms with E-state index < -0.39 is 22.7 Å². The van der Waals surface area contributed by atoms with Crippen molar-refractivity contribution in [2.24, 2.45) is 0 Å². The van der Waals surface area contributed by atoms with Gasteiger partial charge in [0.1, 0.15) is 6.04 Å². The predicted octanol–water partition coefficient (Wildman–Crippen LogP) is 3.22. The number of nitrogens with zero attached hydrogens (tertiary/aromatic N) is 1. The van der Waals surface area contributed by atoms with Crippen LogP contribution >= 0.6 is 0 Å². The average Bonchev–Trinajstić information content (AvgIpc) is 3.19. The second-order valence-corrected chi connectivity index (χ2v) is 6.66. The van der Waals surface area contributed by atoms with Crippen LogP contribution in [-0.2, 0) is 14.3 Å². The zero-order valence-corrected chi connectivity index (χ0v) is 14.0. The normalized spacial score (nSPS) is 27.5. The van der Waals surface area contributed by atoms with E-state index in [0.717, 1.165) is 5.56 Å². The highest BCUT2D eigenvalue weighted by molar-refractivity contribution is 5.82. The van der Waals surface area contributed by atoms with Crippen molar-refractivity contribution in [3.8, 4) is 0 Å². The van der Waals surface area contributed by atoms with Gasteiger partial charge in [-0.1, -0.05) is 36.4 Å². The molecule has 2 aliphatic heterocycles. The van der Waals surface area contributed by atoms with Crippen LogP contribution in [0.3, 0.4) is 0 Å². The Morgan fingerprint density at radius 3 is 2.69 bits per heavy atom. The summed E-state index contributed by atoms with van der Waals surface area (Å²) in [6.45, 7) is 0.501. The number of benzene rings is 2. The van der Waals surface area contributed by atoms with Gasteiger partial charge in [-0.25, -0.2) is 4.79 Å². The van der Waals surface area contributed by atoms with Crippen LogP contribution < -0.4 is 5.32 Å². The first kappa shape index (κ1) is 16.5. The fraction of sp³-hybridized carbons (Fsp3) is 0.316. The molecule has 0 amide bonds. The summed E-state index contributed by atoms with van der Waals surface area (Å²) in [4.78, 5) is 22.7. The van der Waals surface area contributed by atoms with Gasteiger partial charge in [0, 0.05) is 36.6 Å². The van der Waals surface area contributed by atoms with Gasteiger partial charge in [-0.15, -0.1) is 0 Å². The third-order valence-corrected chi connectivity index (χ3v) is 4.86. The number of nitrogens with one attached hydrogen (secondary N) is 1. The SMILES string of the molecule is O=C1O[C@]2(CC(c3ccccc3)CO2)C[C@@H]1Nc1cccc([N+](=O)[O-])c1. The minimum Gasteiger partial charge on any atom is -0.431 e. The van der Waals surface area contributed by atoms with Gasteiger partial charge in [0.2, 0.25) is 5.79 Å². The van der Waals surface area contributed by atoms with Crippen molar-refractivity contribution in [1.29, 1.82) is 0 Å². The minimum absolute atomic E-state index is 0.0302. The zero-order valence-electron chi connectivity index (χ0n) is 14.0. The number of esters is 1. The van der Waals surface area contributed by atoms with Gasteiger partial charge in [-0.2, -0.15) is 0 Å². The highest BCUT2D eigenvalue weighted by Crippen LogP contribution is 2.44. The molecule has 0 aliphatic carbocycles. The number of anilines is 1. The molecule has 1 N–H and O–H groups in total. The largest absolute Gasteiger partial charge is 0.431 e. The van der Waals surface area contributed by atoms with E-state index in [1.807, 2.05) is 30.3 Å². The lowest BCUT2D eigenvalue weighted by molar-refractivity contribution is -0.384. The number of nitro benzene ring substituents is 1. The average molecular weight is 354 g/mol. The molecule has 2 aliphatic rings. The summed E-state index contributed by atoms with van der Waals surface area (Å²) in [5.74, 6) is -1.14. The molecule has 7 heteroatoms. The van der Waals surface area contributed by atoms with E-state index >= 15 is 0 Å². The number of rotatable bonds is 4. The van der Waals surface area contributed by atoms with E-state index in [9.17, 15) is 14.9 Å². The third-order valence-electron chi connectivity index (χ3n) is 4.86. The maximum atomic E-state index is 12.3. The molecule has 2 aromatic rings. The summed E-state index contributed by atoms with van der Waals surface area (Å²) >= 11 is 0. The lowest BCUT2D eigenvalue weighted by atomic mass is 9.93. The van der Waals surface area contributed by atoms with Crippen LogP contribution in [0.15, 0.2) is 54.6 Å². The summed E-state index contributed by atoms with van der Waals surface area (Å²) in [6.07, 6.45) is 0.980. The summed E-state index contributed by atoms with van der Waals surface area (Å²) in [5, 5.41) is 13.9. The molecule has 134 valence electrons. The van der Waals surface area contributed by atoms with Gasteiger partial charge in [0.15, 0.2) is 0 Å². The quantitative estimate of drug-likeness (QED) is 0.515. The zero-order chi connectivity index (χ0) is 18.1. The minimum atomic E-state index is -0.921. The molecule has 0 radical (unpaired) electrons. The van der Waals surface area contributed by atoms with Gasteiger partial charge >= 0.3 is 5.97 Å². The lowest BCUT2D eigenvalue weighted by Crippen LogP contribution is -2.28. The number of ether oxygens (including phenoxy) is 2. The second-order valence-electron chi connectivity index (χ2n) is 6.66. The molecule has 0 aromatic heterocycles. The third kappa shape index (κ3) is 3.13. The van der Waals surface area contributed by atoms with Crippen molar-refractivity contribution < 1.29 is 19.2 Å². The van der Waals surface area contributed by atoms with Crippen LogP contribution in [0.4, 0.5) is 11.4 Å². The molecule has 4 rings (SSSR count). The molecule has 0 saturated carbocycles. The molecule has 0 bridgehead atoms. The van der Waals surface area contributed by atoms with Crippen molar-refractivity contribution >= 4 is 17.3 Å². The maximum absolute atomic E-state index is 12.3. The topological polar surface area (TPSA) is 90.7 Å². The molecule has 3 atom stereocenters. The molecule has 7 nitrogen and oxygen atoms in total. The molecule has 2 fully saturated rings. The molecule has 1 unspecified atom stereocenters. The van der Waals surface area contributed by atoms with Crippen molar-refractivity contribution in [3.05, 3.63) is 70.3 Å². The monoisotopic (exact) mass is 354 g/mol. The van der Waals surface area contributed by atoms with Crippen LogP contribution in [0, 0.1) is 10.1 Å². The Labute approximate surface area is 150 Å². The second kappa shape index (κ2) is 6.42. The summed E-state index contributed by atoms with van der Waals surface area (Å²) in [5.41, 5.74) is 1.64. The van der Waals surface area contributed by atoms with E-state index in [0.29, 0.717) is 25.1 Å². The first-order valence-corrected chi connectivity index (χ1v) is 8.47. The van der Waals surface area contributed by atoms with Gasteiger partial charge in [0.25, 0.3) is 5.69 Å². The summed E-state index contributed by atoms with van der Waals surface area (Å²) < 4.78 is 11.4. The molecular weight excluding hydrogens is 336 g/mol. The first-order chi connectivity index (χ1) is 12.5. The van der Waals surface area contributed by atoms with E-state index in [2.05, 4.69) is 5.32 Å². The molecule has 26 heavy (non-hydrogen) atoms. The van der Waals surface area contributed by atoms with Gasteiger partial charge < -0.3 is 14.8 Å². The predicted molar refractivity (Wildman–Crippen MR) is 93.7 cm³/mol. The standard InChI is InChI=1S/C19H18N2O5/c22-18-17(20-15-7-4-8-16(9-15)21(23)24)11-19(26-18)10-14(12-25-19)13-5-2-1-3-6-13/h1-9,14,17,20H,10-12H2/t14?,17-,19+/m0/s1. The van der Waals surface area contributed by atoms with Crippen LogP contribution in [0.5, 0.6) is 0 Å². The fourth-order valence-corrected chi connectivity index (χ4v) is 3.61. The Kier molecular flexibility index (Phi) is 4.08. The molecule has 2 aromatic carbocycles. The van der Waals surface area contributed by atoms with Crippen molar-refractivity contribution in [3.63, 3.8) is 0 Å². The Morgan fingerprint density at radius 1 is 1.12 bits per heavy atom. The van der Waals surface area contributed by atoms with Crippen LogP contribution in [0.1, 0.15) is 24.3 Å². The van der Waals surface area contributed by atoms with Gasteiger partial charge in [-0.05, 0) is 11.6 Å². The molecule has 2 saturated heterocycles. The fourth-order valence-electron chi connectivity index (χ4n) is 3.61. The van der Waals surface area contributed by atoms with Gasteiger partial charge in [-0.3, -0.25) is 10.1 Å². The van der Waals surface area contributed by atoms with E-state index in [1.54, 1.807) is 12.1 Å². The Hall–Kier alpha value is -2.93. The van der Waals surface area contributed by atoms with Crippen molar-refractivity contribution in [2.45, 2.75) is 30.6 Å². The maximum Gasteiger partial charge on any atom is 0.331 e. The van der Waals surface area contributed by atoms with Gasteiger partial charge in [0.05, 0.1) is 11.5 Å². The van der Waals surface area contributed by atoms with Crippen LogP contribution in [0.2, 0.25) is 0 Å². The Bertz CT molecular complexity index is 841. The number of hydrogen-bond donors (Lipinski definition) is 1. The number of hydrogen-bond acceptors (Lipinski definition) is 6. The molecule has 2 heterocycles. The van der Waals surface area contributed by atoms with E-state index in [4.69, 9.17) is 9.47 Å². The number of carbonyl (C=O) groups excluding carboxylic acids is 1. The van der Waals surface area contributed by atoms with Crippen LogP contribution in [0.25, 0.3) is 0 Å². The number of nitro groups is 1. The Balaban J connectivity index is 1.46. The van der Waals surface area contributed by atoms with Crippen LogP contribution in [-0.4, -0.2) is 29.3 Å². The smallest absolute Gasteiger partial charge is 0.331 e. The number of non-ortho nitro benzene ring substituents is 1. The van der Waals surface area contributed by atoms with Crippen molar-refractivity contribution in [1.82, 2.24) is 0 Å². The summed E-state index contributed by atoms with van der Waals surface area (Å²) in [6, 6.07) is 15.5. The Morgan fingerprint density at radius 2 is 1.92 bits per heavy atom. The lowest BCUT2D eigenvalue weighted by Gasteiger charge is -2.20. The highest BCUT2D eigenvalue weighted by Gasteiger charge is 2.52. The first-order valence-electron chi connectivity index (χ1n) is 8.47. The highest BCUT2D eigenvalue weighted by atomic mass is 16.7. The van der Waals surface area contributed by atoms with E-state index in [-0.39, 0.29) is 11.6 Å². The molecule has 1 spiro atoms. The van der Waals surface area contributed by atoms with Crippen molar-refractivity contribution in [2.75, 3.05) is 11.9 Å².